The van der Waals surface area contributed by atoms with Crippen LogP contribution < -0.4 is 4.74 Å². The van der Waals surface area contributed by atoms with Crippen LogP contribution >= 0.6 is 35.0 Å². The fourth-order valence-electron chi connectivity index (χ4n) is 1.22. The van der Waals surface area contributed by atoms with Crippen LogP contribution in [-0.2, 0) is 0 Å². The van der Waals surface area contributed by atoms with Crippen LogP contribution in [0.5, 0.6) is 5.75 Å². The highest BCUT2D eigenvalue weighted by Crippen LogP contribution is 2.36. The van der Waals surface area contributed by atoms with Crippen LogP contribution in [0.2, 0.25) is 10.2 Å². The number of hydrogen-bond acceptors (Lipinski definition) is 4. The molecule has 0 fully saturated rings. The minimum Gasteiger partial charge on any atom is -0.491 e. The highest BCUT2D eigenvalue weighted by molar-refractivity contribution is 7.99. The van der Waals surface area contributed by atoms with Crippen molar-refractivity contribution in [2.45, 2.75) is 9.92 Å². The van der Waals surface area contributed by atoms with Gasteiger partial charge in [0, 0.05) is 9.92 Å². The van der Waals surface area contributed by atoms with Gasteiger partial charge in [-0.1, -0.05) is 41.0 Å². The molecule has 1 heterocycles. The molecule has 3 nitrogen and oxygen atoms in total. The van der Waals surface area contributed by atoms with Crippen molar-refractivity contribution in [2.24, 2.45) is 0 Å². The molecule has 1 aromatic carbocycles. The van der Waals surface area contributed by atoms with E-state index in [1.54, 1.807) is 0 Å². The molecule has 0 spiro atoms. The van der Waals surface area contributed by atoms with Crippen LogP contribution in [-0.4, -0.2) is 17.1 Å². The molecule has 0 saturated carbocycles. The SMILES string of the molecule is COc1c(Cl)ncnc1Sc1cccc(Cl)c1. The van der Waals surface area contributed by atoms with Gasteiger partial charge in [-0.15, -0.1) is 0 Å². The molecule has 0 bridgehead atoms. The minimum atomic E-state index is 0.298. The van der Waals surface area contributed by atoms with Crippen molar-refractivity contribution in [3.8, 4) is 5.75 Å². The van der Waals surface area contributed by atoms with Crippen molar-refractivity contribution in [1.82, 2.24) is 9.97 Å². The number of ether oxygens (including phenoxy) is 1. The lowest BCUT2D eigenvalue weighted by Crippen LogP contribution is -1.92. The normalized spacial score (nSPS) is 10.3. The lowest BCUT2D eigenvalue weighted by molar-refractivity contribution is 0.398. The molecular formula is C11H8Cl2N2OS. The first-order valence-electron chi connectivity index (χ1n) is 4.68. The fraction of sp³-hybridized carbons (Fsp3) is 0.0909. The molecule has 0 aliphatic carbocycles. The van der Waals surface area contributed by atoms with Gasteiger partial charge < -0.3 is 4.74 Å². The standard InChI is InChI=1S/C11H8Cl2N2OS/c1-16-9-10(13)14-6-15-11(9)17-8-4-2-3-7(12)5-8/h2-6H,1H3. The predicted octanol–water partition coefficient (Wildman–Crippen LogP) is 3.94. The summed E-state index contributed by atoms with van der Waals surface area (Å²) in [5.74, 6) is 0.471. The Kier molecular flexibility index (Phi) is 4.10. The average molecular weight is 287 g/mol. The van der Waals surface area contributed by atoms with Gasteiger partial charge in [0.25, 0.3) is 0 Å². The van der Waals surface area contributed by atoms with Gasteiger partial charge in [0.15, 0.2) is 10.9 Å². The molecular weight excluding hydrogens is 279 g/mol. The number of rotatable bonds is 3. The Morgan fingerprint density at radius 1 is 1.24 bits per heavy atom. The van der Waals surface area contributed by atoms with Crippen LogP contribution in [0.3, 0.4) is 0 Å². The monoisotopic (exact) mass is 286 g/mol. The molecule has 0 saturated heterocycles. The third kappa shape index (κ3) is 3.03. The van der Waals surface area contributed by atoms with Gasteiger partial charge >= 0.3 is 0 Å². The van der Waals surface area contributed by atoms with Crippen LogP contribution in [0.4, 0.5) is 0 Å². The van der Waals surface area contributed by atoms with Crippen molar-refractivity contribution in [3.63, 3.8) is 0 Å². The number of hydrogen-bond donors (Lipinski definition) is 0. The smallest absolute Gasteiger partial charge is 0.188 e. The Hall–Kier alpha value is -0.970. The van der Waals surface area contributed by atoms with Crippen molar-refractivity contribution in [3.05, 3.63) is 40.8 Å². The topological polar surface area (TPSA) is 35.0 Å². The highest BCUT2D eigenvalue weighted by atomic mass is 35.5. The number of aromatic nitrogens is 2. The van der Waals surface area contributed by atoms with Crippen LogP contribution in [0, 0.1) is 0 Å². The molecule has 0 unspecified atom stereocenters. The maximum absolute atomic E-state index is 5.91. The summed E-state index contributed by atoms with van der Waals surface area (Å²) in [6.07, 6.45) is 1.40. The second-order valence-corrected chi connectivity index (χ2v) is 4.92. The van der Waals surface area contributed by atoms with Gasteiger partial charge in [0.1, 0.15) is 11.4 Å². The second kappa shape index (κ2) is 5.58. The number of benzene rings is 1. The van der Waals surface area contributed by atoms with Crippen LogP contribution in [0.1, 0.15) is 0 Å². The first-order valence-corrected chi connectivity index (χ1v) is 6.26. The summed E-state index contributed by atoms with van der Waals surface area (Å²) < 4.78 is 5.17. The third-order valence-electron chi connectivity index (χ3n) is 1.94. The number of nitrogens with zero attached hydrogens (tertiary/aromatic N) is 2. The summed E-state index contributed by atoms with van der Waals surface area (Å²) in [4.78, 5) is 8.96. The van der Waals surface area contributed by atoms with E-state index < -0.39 is 0 Å². The Labute approximate surface area is 113 Å². The molecule has 0 atom stereocenters. The Morgan fingerprint density at radius 3 is 2.76 bits per heavy atom. The van der Waals surface area contributed by atoms with E-state index in [1.807, 2.05) is 24.3 Å². The first-order chi connectivity index (χ1) is 8.20. The summed E-state index contributed by atoms with van der Waals surface area (Å²) in [5, 5.41) is 1.64. The van der Waals surface area contributed by atoms with Crippen molar-refractivity contribution < 1.29 is 4.74 Å². The number of methoxy groups -OCH3 is 1. The van der Waals surface area contributed by atoms with E-state index in [1.165, 1.54) is 25.2 Å². The lowest BCUT2D eigenvalue weighted by atomic mass is 10.4. The van der Waals surface area contributed by atoms with Gasteiger partial charge in [-0.3, -0.25) is 0 Å². The largest absolute Gasteiger partial charge is 0.491 e. The summed E-state index contributed by atoms with van der Waals surface area (Å²) >= 11 is 13.2. The molecule has 2 aromatic rings. The first kappa shape index (κ1) is 12.5. The molecule has 0 radical (unpaired) electrons. The Morgan fingerprint density at radius 2 is 2.06 bits per heavy atom. The zero-order valence-electron chi connectivity index (χ0n) is 8.85. The maximum Gasteiger partial charge on any atom is 0.188 e. The van der Waals surface area contributed by atoms with Gasteiger partial charge in [-0.25, -0.2) is 9.97 Å². The van der Waals surface area contributed by atoms with Gasteiger partial charge in [0.05, 0.1) is 7.11 Å². The fourth-order valence-corrected chi connectivity index (χ4v) is 2.67. The molecule has 0 N–H and O–H groups in total. The van der Waals surface area contributed by atoms with Crippen molar-refractivity contribution in [2.75, 3.05) is 7.11 Å². The van der Waals surface area contributed by atoms with Crippen molar-refractivity contribution >= 4 is 35.0 Å². The molecule has 17 heavy (non-hydrogen) atoms. The van der Waals surface area contributed by atoms with E-state index in [0.717, 1.165) is 4.90 Å². The Balaban J connectivity index is 2.33. The molecule has 0 amide bonds. The molecule has 0 aliphatic heterocycles. The second-order valence-electron chi connectivity index (χ2n) is 3.06. The summed E-state index contributed by atoms with van der Waals surface area (Å²) in [6.45, 7) is 0. The third-order valence-corrected chi connectivity index (χ3v) is 3.42. The molecule has 1 aromatic heterocycles. The maximum atomic E-state index is 5.91. The predicted molar refractivity (Wildman–Crippen MR) is 69.2 cm³/mol. The molecule has 2 rings (SSSR count). The van der Waals surface area contributed by atoms with E-state index in [4.69, 9.17) is 27.9 Å². The summed E-state index contributed by atoms with van der Waals surface area (Å²) in [7, 11) is 1.53. The highest BCUT2D eigenvalue weighted by Gasteiger charge is 2.11. The molecule has 88 valence electrons. The molecule has 6 heteroatoms. The number of halogens is 2. The zero-order chi connectivity index (χ0) is 12.3. The van der Waals surface area contributed by atoms with E-state index in [2.05, 4.69) is 9.97 Å². The van der Waals surface area contributed by atoms with Crippen LogP contribution in [0.15, 0.2) is 40.5 Å². The van der Waals surface area contributed by atoms with Gasteiger partial charge in [0.2, 0.25) is 0 Å². The van der Waals surface area contributed by atoms with E-state index in [0.29, 0.717) is 21.0 Å². The van der Waals surface area contributed by atoms with Gasteiger partial charge in [-0.05, 0) is 18.2 Å². The Bertz CT molecular complexity index is 537. The van der Waals surface area contributed by atoms with E-state index in [9.17, 15) is 0 Å². The van der Waals surface area contributed by atoms with E-state index >= 15 is 0 Å². The van der Waals surface area contributed by atoms with Gasteiger partial charge in [-0.2, -0.15) is 0 Å². The summed E-state index contributed by atoms with van der Waals surface area (Å²) in [6, 6.07) is 7.48. The lowest BCUT2D eigenvalue weighted by Gasteiger charge is -2.07. The minimum absolute atomic E-state index is 0.298. The zero-order valence-corrected chi connectivity index (χ0v) is 11.2. The molecule has 0 aliphatic rings. The summed E-state index contributed by atoms with van der Waals surface area (Å²) in [5.41, 5.74) is 0. The van der Waals surface area contributed by atoms with E-state index in [-0.39, 0.29) is 0 Å². The van der Waals surface area contributed by atoms with Crippen LogP contribution in [0.25, 0.3) is 0 Å². The average Bonchev–Trinajstić information content (AvgIpc) is 2.29. The van der Waals surface area contributed by atoms with Crippen molar-refractivity contribution in [1.29, 1.82) is 0 Å². The quantitative estimate of drug-likeness (QED) is 0.801.